The summed E-state index contributed by atoms with van der Waals surface area (Å²) in [6.07, 6.45) is 5.38. The van der Waals surface area contributed by atoms with Gasteiger partial charge in [0.1, 0.15) is 5.82 Å². The minimum absolute atomic E-state index is 0.215. The number of aliphatic imine (C=N–C) groups is 1. The normalized spacial score (nSPS) is 31.0. The topological polar surface area (TPSA) is 95.4 Å². The molecule has 11 heteroatoms. The Balaban J connectivity index is 1.35. The smallest absolute Gasteiger partial charge is 0.280 e. The van der Waals surface area contributed by atoms with E-state index in [2.05, 4.69) is 31.0 Å². The van der Waals surface area contributed by atoms with E-state index < -0.39 is 34.8 Å². The zero-order chi connectivity index (χ0) is 19.9. The van der Waals surface area contributed by atoms with Crippen molar-refractivity contribution in [2.24, 2.45) is 4.99 Å². The SMILES string of the molecule is C=Nc1[nH]ccc1-c1c(C)ncn1C12CC(NS(=O)(=O)N3CC(F)(F)C3)(C1)C2. The Hall–Kier alpha value is -2.11. The third-order valence-corrected chi connectivity index (χ3v) is 7.73. The molecule has 6 rings (SSSR count). The minimum Gasteiger partial charge on any atom is -0.346 e. The van der Waals surface area contributed by atoms with Crippen LogP contribution in [0.2, 0.25) is 0 Å². The minimum atomic E-state index is -3.89. The number of aromatic nitrogens is 3. The molecule has 8 nitrogen and oxygen atoms in total. The molecule has 2 aromatic heterocycles. The fraction of sp³-hybridized carbons (Fsp3) is 0.529. The molecule has 0 aromatic carbocycles. The van der Waals surface area contributed by atoms with Crippen molar-refractivity contribution in [1.82, 2.24) is 23.6 Å². The molecule has 2 aromatic rings. The summed E-state index contributed by atoms with van der Waals surface area (Å²) >= 11 is 0. The average molecular weight is 410 g/mol. The summed E-state index contributed by atoms with van der Waals surface area (Å²) in [6, 6.07) is 1.92. The maximum Gasteiger partial charge on any atom is 0.280 e. The van der Waals surface area contributed by atoms with Crippen LogP contribution in [0.25, 0.3) is 11.3 Å². The Bertz CT molecular complexity index is 1060. The summed E-state index contributed by atoms with van der Waals surface area (Å²) in [5, 5.41) is 0. The van der Waals surface area contributed by atoms with Gasteiger partial charge in [0, 0.05) is 17.3 Å². The fourth-order valence-corrected chi connectivity index (χ4v) is 6.49. The Kier molecular flexibility index (Phi) is 3.38. The Labute approximate surface area is 160 Å². The number of alkyl halides is 2. The number of H-pyrrole nitrogens is 1. The van der Waals surface area contributed by atoms with Crippen LogP contribution in [0.5, 0.6) is 0 Å². The van der Waals surface area contributed by atoms with Crippen LogP contribution < -0.4 is 4.72 Å². The van der Waals surface area contributed by atoms with Gasteiger partial charge in [-0.25, -0.2) is 18.8 Å². The molecule has 3 heterocycles. The van der Waals surface area contributed by atoms with Gasteiger partial charge in [-0.05, 0) is 39.0 Å². The summed E-state index contributed by atoms with van der Waals surface area (Å²) in [7, 11) is -3.89. The highest BCUT2D eigenvalue weighted by molar-refractivity contribution is 7.87. The zero-order valence-electron chi connectivity index (χ0n) is 15.2. The lowest BCUT2D eigenvalue weighted by atomic mass is 9.44. The molecular weight excluding hydrogens is 390 g/mol. The molecule has 1 saturated heterocycles. The van der Waals surface area contributed by atoms with Gasteiger partial charge in [-0.2, -0.15) is 17.4 Å². The van der Waals surface area contributed by atoms with E-state index in [0.29, 0.717) is 25.1 Å². The van der Waals surface area contributed by atoms with Crippen LogP contribution in [0.3, 0.4) is 0 Å². The van der Waals surface area contributed by atoms with E-state index in [-0.39, 0.29) is 5.54 Å². The van der Waals surface area contributed by atoms with E-state index in [4.69, 9.17) is 0 Å². The van der Waals surface area contributed by atoms with Gasteiger partial charge in [0.05, 0.1) is 36.3 Å². The second-order valence-electron chi connectivity index (χ2n) is 8.21. The first-order valence-electron chi connectivity index (χ1n) is 8.95. The number of aromatic amines is 1. The van der Waals surface area contributed by atoms with Crippen molar-refractivity contribution in [2.45, 2.75) is 43.2 Å². The number of hydrogen-bond donors (Lipinski definition) is 2. The summed E-state index contributed by atoms with van der Waals surface area (Å²) in [4.78, 5) is 11.5. The second kappa shape index (κ2) is 5.28. The van der Waals surface area contributed by atoms with Crippen molar-refractivity contribution in [3.63, 3.8) is 0 Å². The maximum absolute atomic E-state index is 13.0. The molecule has 0 amide bonds. The predicted molar refractivity (Wildman–Crippen MR) is 99.1 cm³/mol. The molecule has 0 radical (unpaired) electrons. The third-order valence-electron chi connectivity index (χ3n) is 6.10. The van der Waals surface area contributed by atoms with Crippen LogP contribution in [-0.4, -0.2) is 58.5 Å². The van der Waals surface area contributed by atoms with E-state index in [1.165, 1.54) is 0 Å². The molecule has 4 aliphatic rings. The van der Waals surface area contributed by atoms with Crippen LogP contribution in [0.1, 0.15) is 25.0 Å². The number of nitrogens with one attached hydrogen (secondary N) is 2. The first-order chi connectivity index (χ1) is 13.1. The maximum atomic E-state index is 13.0. The number of halogens is 2. The van der Waals surface area contributed by atoms with E-state index in [9.17, 15) is 17.2 Å². The monoisotopic (exact) mass is 410 g/mol. The van der Waals surface area contributed by atoms with E-state index in [1.54, 1.807) is 12.5 Å². The van der Waals surface area contributed by atoms with E-state index >= 15 is 0 Å². The van der Waals surface area contributed by atoms with Crippen molar-refractivity contribution in [3.8, 4) is 11.3 Å². The second-order valence-corrected chi connectivity index (χ2v) is 9.88. The Morgan fingerprint density at radius 3 is 2.61 bits per heavy atom. The van der Waals surface area contributed by atoms with Gasteiger partial charge < -0.3 is 9.55 Å². The van der Waals surface area contributed by atoms with Crippen LogP contribution in [0.15, 0.2) is 23.6 Å². The molecule has 3 aliphatic carbocycles. The van der Waals surface area contributed by atoms with Crippen molar-refractivity contribution < 1.29 is 17.2 Å². The van der Waals surface area contributed by atoms with Gasteiger partial charge in [-0.3, -0.25) is 0 Å². The lowest BCUT2D eigenvalue weighted by Crippen LogP contribution is -2.80. The third kappa shape index (κ3) is 2.36. The Morgan fingerprint density at radius 1 is 1.32 bits per heavy atom. The highest BCUT2D eigenvalue weighted by Crippen LogP contribution is 2.66. The number of imidazole rings is 1. The van der Waals surface area contributed by atoms with Crippen LogP contribution in [0.4, 0.5) is 14.6 Å². The molecule has 150 valence electrons. The quantitative estimate of drug-likeness (QED) is 0.713. The average Bonchev–Trinajstić information content (AvgIpc) is 3.12. The summed E-state index contributed by atoms with van der Waals surface area (Å²) in [6.45, 7) is 4.00. The van der Waals surface area contributed by atoms with Crippen molar-refractivity contribution in [1.29, 1.82) is 0 Å². The van der Waals surface area contributed by atoms with Crippen molar-refractivity contribution in [3.05, 3.63) is 24.3 Å². The summed E-state index contributed by atoms with van der Waals surface area (Å²) in [5.74, 6) is -2.27. The highest BCUT2D eigenvalue weighted by atomic mass is 32.2. The van der Waals surface area contributed by atoms with Gasteiger partial charge in [-0.1, -0.05) is 0 Å². The van der Waals surface area contributed by atoms with E-state index in [0.717, 1.165) is 21.3 Å². The fourth-order valence-electron chi connectivity index (χ4n) is 4.88. The molecule has 0 atom stereocenters. The lowest BCUT2D eigenvalue weighted by molar-refractivity contribution is -0.128. The molecule has 2 bridgehead atoms. The highest BCUT2D eigenvalue weighted by Gasteiger charge is 2.71. The number of aryl methyl sites for hydroxylation is 1. The van der Waals surface area contributed by atoms with Crippen LogP contribution >= 0.6 is 0 Å². The molecule has 2 N–H and O–H groups in total. The number of nitrogens with zero attached hydrogens (tertiary/aromatic N) is 4. The van der Waals surface area contributed by atoms with Gasteiger partial charge in [0.15, 0.2) is 0 Å². The van der Waals surface area contributed by atoms with Gasteiger partial charge in [-0.15, -0.1) is 0 Å². The van der Waals surface area contributed by atoms with Crippen molar-refractivity contribution in [2.75, 3.05) is 13.1 Å². The number of hydrogen-bond acceptors (Lipinski definition) is 4. The molecule has 28 heavy (non-hydrogen) atoms. The van der Waals surface area contributed by atoms with Crippen LogP contribution in [-0.2, 0) is 15.7 Å². The molecule has 1 aliphatic heterocycles. The zero-order valence-corrected chi connectivity index (χ0v) is 16.1. The van der Waals surface area contributed by atoms with Crippen molar-refractivity contribution >= 4 is 22.7 Å². The molecular formula is C17H20F2N6O2S. The summed E-state index contributed by atoms with van der Waals surface area (Å²) in [5.41, 5.74) is 1.91. The molecule has 0 spiro atoms. The molecule has 0 unspecified atom stereocenters. The molecule has 3 saturated carbocycles. The first kappa shape index (κ1) is 18.0. The van der Waals surface area contributed by atoms with E-state index in [1.807, 2.05) is 13.0 Å². The van der Waals surface area contributed by atoms with Gasteiger partial charge >= 0.3 is 0 Å². The molecule has 4 fully saturated rings. The lowest BCUT2D eigenvalue weighted by Gasteiger charge is -2.70. The van der Waals surface area contributed by atoms with Gasteiger partial charge in [0.25, 0.3) is 16.1 Å². The van der Waals surface area contributed by atoms with Gasteiger partial charge in [0.2, 0.25) is 0 Å². The Morgan fingerprint density at radius 2 is 2.00 bits per heavy atom. The summed E-state index contributed by atoms with van der Waals surface area (Å²) < 4.78 is 56.3. The van der Waals surface area contributed by atoms with Crippen LogP contribution in [0, 0.1) is 6.92 Å². The standard InChI is InChI=1S/C17H20F2N6O2S/c1-11-13(12-3-4-21-14(12)20-2)25(10-22-11)16-5-15(6-16,7-16)23-28(26,27)24-8-17(18,19)9-24/h3-4,10,21,23H,2,5-9H2,1H3. The largest absolute Gasteiger partial charge is 0.346 e. The number of rotatable bonds is 6. The first-order valence-corrected chi connectivity index (χ1v) is 10.4. The predicted octanol–water partition coefficient (Wildman–Crippen LogP) is 1.94.